The van der Waals surface area contributed by atoms with Crippen LogP contribution in [0.5, 0.6) is 0 Å². The number of hydrogen-bond donors (Lipinski definition) is 1. The Hall–Kier alpha value is -1.12. The SMILES string of the molecule is CC(C)(C)CC1CNc2c(F)cc(F)cc21. The lowest BCUT2D eigenvalue weighted by Gasteiger charge is -2.22. The normalized spacial score (nSPS) is 19.4. The molecule has 0 bridgehead atoms. The summed E-state index contributed by atoms with van der Waals surface area (Å²) in [7, 11) is 0. The molecule has 1 aromatic rings. The van der Waals surface area contributed by atoms with Crippen molar-refractivity contribution in [2.75, 3.05) is 11.9 Å². The summed E-state index contributed by atoms with van der Waals surface area (Å²) in [5, 5.41) is 3.03. The van der Waals surface area contributed by atoms with Gasteiger partial charge in [-0.15, -0.1) is 0 Å². The minimum absolute atomic E-state index is 0.163. The molecular weight excluding hydrogens is 208 g/mol. The zero-order valence-electron chi connectivity index (χ0n) is 9.90. The van der Waals surface area contributed by atoms with E-state index in [9.17, 15) is 8.78 Å². The van der Waals surface area contributed by atoms with Crippen molar-refractivity contribution >= 4 is 5.69 Å². The van der Waals surface area contributed by atoms with Crippen LogP contribution in [0.15, 0.2) is 12.1 Å². The summed E-state index contributed by atoms with van der Waals surface area (Å²) in [5.74, 6) is -0.759. The maximum atomic E-state index is 13.5. The predicted molar refractivity (Wildman–Crippen MR) is 61.7 cm³/mol. The Morgan fingerprint density at radius 3 is 2.62 bits per heavy atom. The number of halogens is 2. The van der Waals surface area contributed by atoms with Crippen LogP contribution in [0.1, 0.15) is 38.7 Å². The van der Waals surface area contributed by atoms with Crippen LogP contribution in [-0.4, -0.2) is 6.54 Å². The molecule has 1 nitrogen and oxygen atoms in total. The van der Waals surface area contributed by atoms with Crippen molar-refractivity contribution in [1.29, 1.82) is 0 Å². The molecule has 1 heterocycles. The first-order chi connectivity index (χ1) is 7.37. The van der Waals surface area contributed by atoms with E-state index < -0.39 is 11.6 Å². The monoisotopic (exact) mass is 225 g/mol. The van der Waals surface area contributed by atoms with Gasteiger partial charge in [0.25, 0.3) is 0 Å². The first-order valence-corrected chi connectivity index (χ1v) is 5.59. The Bertz CT molecular complexity index is 407. The molecule has 3 heteroatoms. The molecule has 88 valence electrons. The van der Waals surface area contributed by atoms with E-state index in [2.05, 4.69) is 26.1 Å². The molecule has 1 N–H and O–H groups in total. The molecule has 16 heavy (non-hydrogen) atoms. The lowest BCUT2D eigenvalue weighted by atomic mass is 9.82. The predicted octanol–water partition coefficient (Wildman–Crippen LogP) is 3.91. The van der Waals surface area contributed by atoms with Crippen molar-refractivity contribution in [2.45, 2.75) is 33.1 Å². The first-order valence-electron chi connectivity index (χ1n) is 5.59. The largest absolute Gasteiger partial charge is 0.382 e. The summed E-state index contributed by atoms with van der Waals surface area (Å²) >= 11 is 0. The Kier molecular flexibility index (Phi) is 2.64. The van der Waals surface area contributed by atoms with Crippen LogP contribution >= 0.6 is 0 Å². The van der Waals surface area contributed by atoms with Crippen molar-refractivity contribution in [3.63, 3.8) is 0 Å². The van der Waals surface area contributed by atoms with E-state index in [1.54, 1.807) is 0 Å². The fourth-order valence-corrected chi connectivity index (χ4v) is 2.36. The van der Waals surface area contributed by atoms with Gasteiger partial charge in [0.1, 0.15) is 11.6 Å². The smallest absolute Gasteiger partial charge is 0.149 e. The van der Waals surface area contributed by atoms with Gasteiger partial charge in [0.05, 0.1) is 5.69 Å². The fourth-order valence-electron chi connectivity index (χ4n) is 2.36. The van der Waals surface area contributed by atoms with Crippen molar-refractivity contribution in [3.05, 3.63) is 29.3 Å². The van der Waals surface area contributed by atoms with E-state index in [0.717, 1.165) is 18.1 Å². The van der Waals surface area contributed by atoms with Gasteiger partial charge in [-0.25, -0.2) is 8.78 Å². The summed E-state index contributed by atoms with van der Waals surface area (Å²) in [6.45, 7) is 7.12. The maximum absolute atomic E-state index is 13.5. The quantitative estimate of drug-likeness (QED) is 0.764. The van der Waals surface area contributed by atoms with Crippen molar-refractivity contribution in [3.8, 4) is 0 Å². The molecule has 0 aliphatic carbocycles. The molecule has 0 saturated carbocycles. The van der Waals surface area contributed by atoms with Gasteiger partial charge in [0.2, 0.25) is 0 Å². The highest BCUT2D eigenvalue weighted by atomic mass is 19.1. The van der Waals surface area contributed by atoms with Crippen molar-refractivity contribution < 1.29 is 8.78 Å². The number of anilines is 1. The molecule has 0 amide bonds. The Balaban J connectivity index is 2.32. The second-order valence-electron chi connectivity index (χ2n) is 5.69. The molecule has 0 radical (unpaired) electrons. The summed E-state index contributed by atoms with van der Waals surface area (Å²) in [5.41, 5.74) is 1.43. The van der Waals surface area contributed by atoms with Gasteiger partial charge in [-0.05, 0) is 23.5 Å². The van der Waals surface area contributed by atoms with Gasteiger partial charge in [0, 0.05) is 18.5 Å². The molecule has 0 fully saturated rings. The fraction of sp³-hybridized carbons (Fsp3) is 0.538. The van der Waals surface area contributed by atoms with E-state index in [1.165, 1.54) is 6.07 Å². The van der Waals surface area contributed by atoms with Crippen LogP contribution in [0.25, 0.3) is 0 Å². The third kappa shape index (κ3) is 2.18. The topological polar surface area (TPSA) is 12.0 Å². The van der Waals surface area contributed by atoms with Crippen LogP contribution in [0.2, 0.25) is 0 Å². The molecule has 0 saturated heterocycles. The Morgan fingerprint density at radius 1 is 1.31 bits per heavy atom. The lowest BCUT2D eigenvalue weighted by Crippen LogP contribution is -2.13. The van der Waals surface area contributed by atoms with Crippen LogP contribution in [-0.2, 0) is 0 Å². The molecule has 0 spiro atoms. The average Bonchev–Trinajstić information content (AvgIpc) is 2.46. The van der Waals surface area contributed by atoms with Crippen LogP contribution in [0.3, 0.4) is 0 Å². The summed E-state index contributed by atoms with van der Waals surface area (Å²) in [4.78, 5) is 0. The van der Waals surface area contributed by atoms with E-state index in [0.29, 0.717) is 12.2 Å². The van der Waals surface area contributed by atoms with Crippen LogP contribution in [0.4, 0.5) is 14.5 Å². The van der Waals surface area contributed by atoms with Crippen molar-refractivity contribution in [1.82, 2.24) is 0 Å². The second kappa shape index (κ2) is 3.72. The molecule has 1 unspecified atom stereocenters. The number of hydrogen-bond acceptors (Lipinski definition) is 1. The zero-order valence-corrected chi connectivity index (χ0v) is 9.90. The zero-order chi connectivity index (χ0) is 11.9. The summed E-state index contributed by atoms with van der Waals surface area (Å²) < 4.78 is 26.6. The highest BCUT2D eigenvalue weighted by Crippen LogP contribution is 2.40. The minimum Gasteiger partial charge on any atom is -0.382 e. The number of rotatable bonds is 1. The third-order valence-electron chi connectivity index (χ3n) is 2.91. The number of nitrogens with one attached hydrogen (secondary N) is 1. The average molecular weight is 225 g/mol. The molecule has 1 aliphatic heterocycles. The molecule has 1 aliphatic rings. The van der Waals surface area contributed by atoms with Gasteiger partial charge >= 0.3 is 0 Å². The van der Waals surface area contributed by atoms with E-state index in [-0.39, 0.29) is 11.3 Å². The molecule has 1 aromatic carbocycles. The van der Waals surface area contributed by atoms with Gasteiger partial charge < -0.3 is 5.32 Å². The highest BCUT2D eigenvalue weighted by Gasteiger charge is 2.29. The number of fused-ring (bicyclic) bond motifs is 1. The van der Waals surface area contributed by atoms with Gasteiger partial charge in [0.15, 0.2) is 0 Å². The minimum atomic E-state index is -0.487. The van der Waals surface area contributed by atoms with Gasteiger partial charge in [-0.2, -0.15) is 0 Å². The molecule has 0 aromatic heterocycles. The van der Waals surface area contributed by atoms with Crippen LogP contribution < -0.4 is 5.32 Å². The Morgan fingerprint density at radius 2 is 2.00 bits per heavy atom. The van der Waals surface area contributed by atoms with E-state index in [1.807, 2.05) is 0 Å². The van der Waals surface area contributed by atoms with Gasteiger partial charge in [-0.1, -0.05) is 20.8 Å². The van der Waals surface area contributed by atoms with E-state index in [4.69, 9.17) is 0 Å². The summed E-state index contributed by atoms with van der Waals surface area (Å²) in [6.07, 6.45) is 0.926. The second-order valence-corrected chi connectivity index (χ2v) is 5.69. The summed E-state index contributed by atoms with van der Waals surface area (Å²) in [6, 6.07) is 2.39. The Labute approximate surface area is 94.9 Å². The molecular formula is C13H17F2N. The van der Waals surface area contributed by atoms with Gasteiger partial charge in [-0.3, -0.25) is 0 Å². The number of benzene rings is 1. The first kappa shape index (κ1) is 11.4. The van der Waals surface area contributed by atoms with Crippen molar-refractivity contribution in [2.24, 2.45) is 5.41 Å². The third-order valence-corrected chi connectivity index (χ3v) is 2.91. The van der Waals surface area contributed by atoms with Crippen LogP contribution in [0, 0.1) is 17.0 Å². The molecule has 2 rings (SSSR count). The molecule has 1 atom stereocenters. The highest BCUT2D eigenvalue weighted by molar-refractivity contribution is 5.59. The van der Waals surface area contributed by atoms with E-state index >= 15 is 0 Å². The maximum Gasteiger partial charge on any atom is 0.149 e. The lowest BCUT2D eigenvalue weighted by molar-refractivity contribution is 0.348. The standard InChI is InChI=1S/C13H17F2N/c1-13(2,3)6-8-7-16-12-10(8)4-9(14)5-11(12)15/h4-5,8,16H,6-7H2,1-3H3.